The maximum Gasteiger partial charge on any atom is 0.164 e. The molecule has 11 rings (SSSR count). The lowest BCUT2D eigenvalue weighted by atomic mass is 9.97. The molecule has 0 aliphatic carbocycles. The minimum absolute atomic E-state index is 0.571. The minimum atomic E-state index is 0.571. The van der Waals surface area contributed by atoms with Crippen molar-refractivity contribution in [3.05, 3.63) is 152 Å². The topological polar surface area (TPSA) is 65.0 Å². The van der Waals surface area contributed by atoms with E-state index in [9.17, 15) is 0 Å². The van der Waals surface area contributed by atoms with E-state index in [4.69, 9.17) is 23.8 Å². The molecule has 0 N–H and O–H groups in total. The van der Waals surface area contributed by atoms with E-state index in [1.54, 1.807) is 0 Å². The Morgan fingerprint density at radius 1 is 0.392 bits per heavy atom. The summed E-state index contributed by atoms with van der Waals surface area (Å²) in [5.74, 6) is 1.74. The summed E-state index contributed by atoms with van der Waals surface area (Å²) < 4.78 is 15.5. The van der Waals surface area contributed by atoms with Crippen LogP contribution in [0.3, 0.4) is 0 Å². The molecule has 5 nitrogen and oxygen atoms in total. The average molecular weight is 672 g/mol. The van der Waals surface area contributed by atoms with E-state index in [0.29, 0.717) is 17.5 Å². The Morgan fingerprint density at radius 3 is 1.90 bits per heavy atom. The van der Waals surface area contributed by atoms with Gasteiger partial charge in [0.2, 0.25) is 0 Å². The second kappa shape index (κ2) is 10.9. The summed E-state index contributed by atoms with van der Waals surface area (Å²) in [5, 5.41) is 6.65. The first kappa shape index (κ1) is 28.2. The van der Waals surface area contributed by atoms with Crippen LogP contribution >= 0.6 is 11.3 Å². The van der Waals surface area contributed by atoms with Gasteiger partial charge in [0.1, 0.15) is 22.3 Å². The number of fused-ring (bicyclic) bond motifs is 9. The van der Waals surface area contributed by atoms with Gasteiger partial charge in [0, 0.05) is 69.5 Å². The van der Waals surface area contributed by atoms with E-state index < -0.39 is 0 Å². The monoisotopic (exact) mass is 671 g/mol. The molecular weight excluding hydrogens is 647 g/mol. The quantitative estimate of drug-likeness (QED) is 0.186. The predicted octanol–water partition coefficient (Wildman–Crippen LogP) is 12.7. The maximum atomic E-state index is 6.75. The van der Waals surface area contributed by atoms with Gasteiger partial charge in [-0.3, -0.25) is 0 Å². The summed E-state index contributed by atoms with van der Waals surface area (Å²) in [7, 11) is 0. The van der Waals surface area contributed by atoms with E-state index in [1.807, 2.05) is 78.1 Å². The normalized spacial score (nSPS) is 11.9. The van der Waals surface area contributed by atoms with Gasteiger partial charge in [0.25, 0.3) is 0 Å². The van der Waals surface area contributed by atoms with Crippen molar-refractivity contribution in [3.8, 4) is 45.3 Å². The highest BCUT2D eigenvalue weighted by Gasteiger charge is 2.22. The Balaban J connectivity index is 1.17. The predicted molar refractivity (Wildman–Crippen MR) is 209 cm³/mol. The molecule has 11 aromatic rings. The number of furan rings is 2. The van der Waals surface area contributed by atoms with Crippen LogP contribution in [-0.2, 0) is 0 Å². The van der Waals surface area contributed by atoms with Gasteiger partial charge in [0.05, 0.1) is 0 Å². The molecule has 0 aliphatic rings. The Kier molecular flexibility index (Phi) is 6.05. The highest BCUT2D eigenvalue weighted by molar-refractivity contribution is 7.26. The smallest absolute Gasteiger partial charge is 0.164 e. The van der Waals surface area contributed by atoms with Gasteiger partial charge in [-0.1, -0.05) is 109 Å². The van der Waals surface area contributed by atoms with Gasteiger partial charge < -0.3 is 8.83 Å². The van der Waals surface area contributed by atoms with Crippen molar-refractivity contribution in [3.63, 3.8) is 0 Å². The Morgan fingerprint density at radius 2 is 1.04 bits per heavy atom. The number of hydrogen-bond donors (Lipinski definition) is 0. The molecule has 0 aliphatic heterocycles. The van der Waals surface area contributed by atoms with Gasteiger partial charge in [-0.15, -0.1) is 11.3 Å². The van der Waals surface area contributed by atoms with Crippen molar-refractivity contribution in [2.75, 3.05) is 0 Å². The Bertz CT molecular complexity index is 3160. The van der Waals surface area contributed by atoms with Crippen LogP contribution < -0.4 is 0 Å². The molecule has 4 heterocycles. The standard InChI is InChI=1S/C45H25N3O2S/c1-2-11-26(12-3-1)43-46-44(27-21-22-29-28-13-4-7-18-36(28)49-38(29)25-27)48-45(47-43)35-24-23-31(41-40(35)34-15-5-8-19-37(34)50-41)33-17-10-16-32-30-14-6-9-20-39(30)51-42(32)33/h1-25H. The third kappa shape index (κ3) is 4.37. The van der Waals surface area contributed by atoms with Crippen LogP contribution in [0.2, 0.25) is 0 Å². The number of hydrogen-bond acceptors (Lipinski definition) is 6. The van der Waals surface area contributed by atoms with E-state index >= 15 is 0 Å². The van der Waals surface area contributed by atoms with Crippen LogP contribution in [0.25, 0.3) is 109 Å². The number of rotatable bonds is 4. The third-order valence-corrected chi connectivity index (χ3v) is 11.0. The number of benzene rings is 7. The molecular formula is C45H25N3O2S. The fraction of sp³-hybridized carbons (Fsp3) is 0. The van der Waals surface area contributed by atoms with Crippen LogP contribution in [0.4, 0.5) is 0 Å². The minimum Gasteiger partial charge on any atom is -0.456 e. The first-order valence-corrected chi connectivity index (χ1v) is 17.7. The molecule has 4 aromatic heterocycles. The van der Waals surface area contributed by atoms with Crippen molar-refractivity contribution in [1.82, 2.24) is 15.0 Å². The van der Waals surface area contributed by atoms with Crippen molar-refractivity contribution in [2.24, 2.45) is 0 Å². The van der Waals surface area contributed by atoms with Gasteiger partial charge >= 0.3 is 0 Å². The van der Waals surface area contributed by atoms with Gasteiger partial charge in [-0.25, -0.2) is 15.0 Å². The lowest BCUT2D eigenvalue weighted by molar-refractivity contribution is 0.669. The summed E-state index contributed by atoms with van der Waals surface area (Å²) in [6.45, 7) is 0. The van der Waals surface area contributed by atoms with Crippen LogP contribution in [0, 0.1) is 0 Å². The molecule has 0 radical (unpaired) electrons. The SMILES string of the molecule is c1ccc(-c2nc(-c3ccc4c(c3)oc3ccccc34)nc(-c3ccc(-c4cccc5c4sc4ccccc45)c4oc5ccccc5c34)n2)cc1. The summed E-state index contributed by atoms with van der Waals surface area (Å²) in [6.07, 6.45) is 0. The lowest BCUT2D eigenvalue weighted by Gasteiger charge is -2.11. The Labute approximate surface area is 295 Å². The van der Waals surface area contributed by atoms with E-state index in [0.717, 1.165) is 71.7 Å². The lowest BCUT2D eigenvalue weighted by Crippen LogP contribution is -2.00. The molecule has 0 atom stereocenters. The van der Waals surface area contributed by atoms with Crippen LogP contribution in [0.1, 0.15) is 0 Å². The number of aromatic nitrogens is 3. The zero-order valence-electron chi connectivity index (χ0n) is 27.0. The zero-order valence-corrected chi connectivity index (χ0v) is 27.8. The van der Waals surface area contributed by atoms with E-state index in [1.165, 1.54) is 20.2 Å². The van der Waals surface area contributed by atoms with Crippen molar-refractivity contribution in [2.45, 2.75) is 0 Å². The van der Waals surface area contributed by atoms with Gasteiger partial charge in [0.15, 0.2) is 17.5 Å². The molecule has 7 aromatic carbocycles. The second-order valence-electron chi connectivity index (χ2n) is 12.7. The molecule has 0 amide bonds. The molecule has 0 spiro atoms. The summed E-state index contributed by atoms with van der Waals surface area (Å²) >= 11 is 1.82. The molecule has 0 saturated carbocycles. The molecule has 6 heteroatoms. The number of nitrogens with zero attached hydrogens (tertiary/aromatic N) is 3. The largest absolute Gasteiger partial charge is 0.456 e. The summed E-state index contributed by atoms with van der Waals surface area (Å²) in [6, 6.07) is 52.0. The van der Waals surface area contributed by atoms with E-state index in [2.05, 4.69) is 84.9 Å². The highest BCUT2D eigenvalue weighted by Crippen LogP contribution is 2.46. The molecule has 0 bridgehead atoms. The Hall–Kier alpha value is -6.63. The maximum absolute atomic E-state index is 6.75. The van der Waals surface area contributed by atoms with Crippen molar-refractivity contribution < 1.29 is 8.83 Å². The fourth-order valence-electron chi connectivity index (χ4n) is 7.39. The van der Waals surface area contributed by atoms with Gasteiger partial charge in [-0.05, 0) is 42.5 Å². The van der Waals surface area contributed by atoms with Crippen LogP contribution in [0.15, 0.2) is 160 Å². The molecule has 51 heavy (non-hydrogen) atoms. The summed E-state index contributed by atoms with van der Waals surface area (Å²) in [4.78, 5) is 15.3. The summed E-state index contributed by atoms with van der Waals surface area (Å²) in [5.41, 5.74) is 8.10. The van der Waals surface area contributed by atoms with Gasteiger partial charge in [-0.2, -0.15) is 0 Å². The number of thiophene rings is 1. The first-order chi connectivity index (χ1) is 25.3. The first-order valence-electron chi connectivity index (χ1n) is 16.9. The van der Waals surface area contributed by atoms with E-state index in [-0.39, 0.29) is 0 Å². The van der Waals surface area contributed by atoms with Crippen LogP contribution in [-0.4, -0.2) is 15.0 Å². The number of para-hydroxylation sites is 2. The molecule has 0 unspecified atom stereocenters. The fourth-order valence-corrected chi connectivity index (χ4v) is 8.62. The average Bonchev–Trinajstić information content (AvgIpc) is 3.89. The highest BCUT2D eigenvalue weighted by atomic mass is 32.1. The van der Waals surface area contributed by atoms with Crippen molar-refractivity contribution >= 4 is 75.4 Å². The molecule has 238 valence electrons. The molecule has 0 saturated heterocycles. The zero-order chi connectivity index (χ0) is 33.5. The van der Waals surface area contributed by atoms with Crippen LogP contribution in [0.5, 0.6) is 0 Å². The second-order valence-corrected chi connectivity index (χ2v) is 13.8. The van der Waals surface area contributed by atoms with Crippen molar-refractivity contribution in [1.29, 1.82) is 0 Å². The third-order valence-electron chi connectivity index (χ3n) is 9.77. The molecule has 0 fully saturated rings.